The molecule has 2 nitrogen and oxygen atoms in total. The van der Waals surface area contributed by atoms with Gasteiger partial charge < -0.3 is 9.47 Å². The highest BCUT2D eigenvalue weighted by Crippen LogP contribution is 2.15. The fourth-order valence-electron chi connectivity index (χ4n) is 1.17. The van der Waals surface area contributed by atoms with Gasteiger partial charge in [-0.2, -0.15) is 0 Å². The minimum atomic E-state index is 0.373. The van der Waals surface area contributed by atoms with Gasteiger partial charge in [0.05, 0.1) is 13.2 Å². The van der Waals surface area contributed by atoms with E-state index < -0.39 is 0 Å². The third-order valence-electron chi connectivity index (χ3n) is 2.01. The Morgan fingerprint density at radius 2 is 2.20 bits per heavy atom. The van der Waals surface area contributed by atoms with E-state index >= 15 is 0 Å². The van der Waals surface area contributed by atoms with Crippen LogP contribution in [-0.2, 0) is 11.3 Å². The Kier molecular flexibility index (Phi) is 5.51. The van der Waals surface area contributed by atoms with Crippen LogP contribution in [0.3, 0.4) is 0 Å². The fourth-order valence-corrected chi connectivity index (χ4v) is 1.26. The van der Waals surface area contributed by atoms with Crippen LogP contribution < -0.4 is 4.74 Å². The third kappa shape index (κ3) is 4.54. The van der Waals surface area contributed by atoms with Crippen LogP contribution in [0, 0.1) is 5.92 Å². The number of hydrogen-bond donors (Lipinski definition) is 0. The molecule has 0 N–H and O–H groups in total. The number of rotatable bonds is 6. The van der Waals surface area contributed by atoms with Gasteiger partial charge in [-0.1, -0.05) is 19.1 Å². The van der Waals surface area contributed by atoms with Crippen LogP contribution in [0.4, 0.5) is 0 Å². The lowest BCUT2D eigenvalue weighted by Gasteiger charge is -2.11. The molecule has 0 fully saturated rings. The van der Waals surface area contributed by atoms with Crippen LogP contribution in [0.5, 0.6) is 5.75 Å². The van der Waals surface area contributed by atoms with Gasteiger partial charge in [-0.25, -0.2) is 0 Å². The number of alkyl halides is 1. The van der Waals surface area contributed by atoms with Crippen molar-refractivity contribution in [1.29, 1.82) is 0 Å². The van der Waals surface area contributed by atoms with Crippen molar-refractivity contribution in [2.45, 2.75) is 13.5 Å². The third-order valence-corrected chi connectivity index (χ3v) is 2.53. The van der Waals surface area contributed by atoms with Gasteiger partial charge in [0.15, 0.2) is 0 Å². The Bertz CT molecular complexity index is 289. The van der Waals surface area contributed by atoms with Gasteiger partial charge in [0.1, 0.15) is 5.75 Å². The largest absolute Gasteiger partial charge is 0.493 e. The van der Waals surface area contributed by atoms with Crippen molar-refractivity contribution in [1.82, 2.24) is 0 Å². The second-order valence-electron chi connectivity index (χ2n) is 3.65. The number of halogens is 1. The maximum Gasteiger partial charge on any atom is 0.119 e. The Labute approximate surface area is 96.2 Å². The molecule has 0 bridgehead atoms. The first kappa shape index (κ1) is 12.3. The molecular weight excluding hydrogens is 212 g/mol. The molecule has 0 radical (unpaired) electrons. The zero-order valence-electron chi connectivity index (χ0n) is 9.20. The summed E-state index contributed by atoms with van der Waals surface area (Å²) in [6, 6.07) is 7.92. The molecule has 0 aliphatic carbocycles. The first-order chi connectivity index (χ1) is 7.26. The zero-order chi connectivity index (χ0) is 11.1. The van der Waals surface area contributed by atoms with E-state index in [1.807, 2.05) is 24.3 Å². The number of methoxy groups -OCH3 is 1. The van der Waals surface area contributed by atoms with Crippen LogP contribution >= 0.6 is 11.6 Å². The highest BCUT2D eigenvalue weighted by Gasteiger charge is 2.01. The quantitative estimate of drug-likeness (QED) is 0.697. The lowest BCUT2D eigenvalue weighted by Crippen LogP contribution is -2.09. The van der Waals surface area contributed by atoms with Gasteiger partial charge in [0.25, 0.3) is 0 Å². The molecule has 84 valence electrons. The van der Waals surface area contributed by atoms with Crippen LogP contribution in [0.25, 0.3) is 0 Å². The summed E-state index contributed by atoms with van der Waals surface area (Å²) in [4.78, 5) is 0. The molecule has 0 aliphatic rings. The first-order valence-corrected chi connectivity index (χ1v) is 5.56. The Morgan fingerprint density at radius 3 is 2.87 bits per heavy atom. The summed E-state index contributed by atoms with van der Waals surface area (Å²) in [6.45, 7) is 3.33. The molecule has 0 amide bonds. The minimum Gasteiger partial charge on any atom is -0.493 e. The van der Waals surface area contributed by atoms with Crippen molar-refractivity contribution in [2.24, 2.45) is 5.92 Å². The number of hydrogen-bond acceptors (Lipinski definition) is 2. The van der Waals surface area contributed by atoms with Crippen molar-refractivity contribution in [3.05, 3.63) is 29.8 Å². The van der Waals surface area contributed by atoms with Crippen molar-refractivity contribution in [3.8, 4) is 5.75 Å². The lowest BCUT2D eigenvalue weighted by atomic mass is 10.2. The monoisotopic (exact) mass is 228 g/mol. The topological polar surface area (TPSA) is 18.5 Å². The Balaban J connectivity index is 2.50. The maximum absolute atomic E-state index is 5.70. The standard InChI is InChI=1S/C12H17ClO2/c1-10(7-13)8-15-12-5-3-4-11(6-12)9-14-2/h3-6,10H,7-9H2,1-2H3. The maximum atomic E-state index is 5.70. The number of ether oxygens (including phenoxy) is 2. The summed E-state index contributed by atoms with van der Waals surface area (Å²) in [6.07, 6.45) is 0. The normalized spacial score (nSPS) is 12.5. The van der Waals surface area contributed by atoms with Crippen molar-refractivity contribution >= 4 is 11.6 Å². The van der Waals surface area contributed by atoms with Crippen molar-refractivity contribution in [3.63, 3.8) is 0 Å². The summed E-state index contributed by atoms with van der Waals surface area (Å²) in [5.74, 6) is 1.87. The molecule has 0 saturated carbocycles. The van der Waals surface area contributed by atoms with E-state index in [0.29, 0.717) is 25.0 Å². The summed E-state index contributed by atoms with van der Waals surface area (Å²) in [5, 5.41) is 0. The average molecular weight is 229 g/mol. The lowest BCUT2D eigenvalue weighted by molar-refractivity contribution is 0.184. The van der Waals surface area contributed by atoms with E-state index in [2.05, 4.69) is 6.92 Å². The van der Waals surface area contributed by atoms with Crippen LogP contribution in [0.2, 0.25) is 0 Å². The summed E-state index contributed by atoms with van der Waals surface area (Å²) in [5.41, 5.74) is 1.12. The molecule has 0 spiro atoms. The highest BCUT2D eigenvalue weighted by atomic mass is 35.5. The molecular formula is C12H17ClO2. The molecule has 1 aromatic rings. The van der Waals surface area contributed by atoms with Gasteiger partial charge in [-0.05, 0) is 17.7 Å². The summed E-state index contributed by atoms with van der Waals surface area (Å²) < 4.78 is 10.7. The predicted molar refractivity (Wildman–Crippen MR) is 62.5 cm³/mol. The van der Waals surface area contributed by atoms with Gasteiger partial charge in [0.2, 0.25) is 0 Å². The van der Waals surface area contributed by atoms with E-state index in [4.69, 9.17) is 21.1 Å². The molecule has 15 heavy (non-hydrogen) atoms. The molecule has 1 aromatic carbocycles. The second-order valence-corrected chi connectivity index (χ2v) is 3.96. The van der Waals surface area contributed by atoms with Crippen molar-refractivity contribution < 1.29 is 9.47 Å². The van der Waals surface area contributed by atoms with E-state index in [-0.39, 0.29) is 0 Å². The molecule has 0 aliphatic heterocycles. The molecule has 3 heteroatoms. The molecule has 0 saturated heterocycles. The smallest absolute Gasteiger partial charge is 0.119 e. The molecule has 0 heterocycles. The van der Waals surface area contributed by atoms with Gasteiger partial charge in [-0.15, -0.1) is 11.6 Å². The molecule has 1 atom stereocenters. The predicted octanol–water partition coefficient (Wildman–Crippen LogP) is 3.09. The fraction of sp³-hybridized carbons (Fsp3) is 0.500. The van der Waals surface area contributed by atoms with Crippen LogP contribution in [0.1, 0.15) is 12.5 Å². The summed E-state index contributed by atoms with van der Waals surface area (Å²) >= 11 is 5.70. The Morgan fingerprint density at radius 1 is 1.40 bits per heavy atom. The van der Waals surface area contributed by atoms with E-state index in [9.17, 15) is 0 Å². The van der Waals surface area contributed by atoms with Gasteiger partial charge >= 0.3 is 0 Å². The molecule has 1 rings (SSSR count). The van der Waals surface area contributed by atoms with Gasteiger partial charge in [-0.3, -0.25) is 0 Å². The minimum absolute atomic E-state index is 0.373. The van der Waals surface area contributed by atoms with Crippen LogP contribution in [-0.4, -0.2) is 19.6 Å². The Hall–Kier alpha value is -0.730. The number of benzene rings is 1. The molecule has 1 unspecified atom stereocenters. The van der Waals surface area contributed by atoms with E-state index in [1.165, 1.54) is 0 Å². The second kappa shape index (κ2) is 6.70. The van der Waals surface area contributed by atoms with Crippen molar-refractivity contribution in [2.75, 3.05) is 19.6 Å². The van der Waals surface area contributed by atoms with E-state index in [0.717, 1.165) is 11.3 Å². The highest BCUT2D eigenvalue weighted by molar-refractivity contribution is 6.18. The van der Waals surface area contributed by atoms with Gasteiger partial charge in [0, 0.05) is 18.9 Å². The SMILES string of the molecule is COCc1cccc(OCC(C)CCl)c1. The van der Waals surface area contributed by atoms with E-state index in [1.54, 1.807) is 7.11 Å². The average Bonchev–Trinajstić information content (AvgIpc) is 2.27. The molecule has 0 aromatic heterocycles. The first-order valence-electron chi connectivity index (χ1n) is 5.03. The zero-order valence-corrected chi connectivity index (χ0v) is 9.96. The van der Waals surface area contributed by atoms with Crippen LogP contribution in [0.15, 0.2) is 24.3 Å². The summed E-state index contributed by atoms with van der Waals surface area (Å²) in [7, 11) is 1.68.